The molecule has 2 heteroatoms. The molecule has 8 heavy (non-hydrogen) atoms. The van der Waals surface area contributed by atoms with Crippen molar-refractivity contribution in [3.05, 3.63) is 0 Å². The van der Waals surface area contributed by atoms with Gasteiger partial charge < -0.3 is 4.90 Å². The van der Waals surface area contributed by atoms with Crippen molar-refractivity contribution < 1.29 is 0 Å². The molecular formula is C6H9NS. The quantitative estimate of drug-likeness (QED) is 0.445. The number of nitrogens with zero attached hydrogens (tertiary/aromatic N) is 1. The van der Waals surface area contributed by atoms with Gasteiger partial charge in [-0.2, -0.15) is 0 Å². The molecule has 2 fully saturated rings. The number of rotatable bonds is 0. The van der Waals surface area contributed by atoms with Gasteiger partial charge in [0, 0.05) is 19.5 Å². The van der Waals surface area contributed by atoms with Crippen LogP contribution in [0.2, 0.25) is 0 Å². The molecule has 0 aromatic heterocycles. The van der Waals surface area contributed by atoms with Gasteiger partial charge >= 0.3 is 0 Å². The van der Waals surface area contributed by atoms with E-state index in [4.69, 9.17) is 12.2 Å². The molecule has 0 aromatic rings. The summed E-state index contributed by atoms with van der Waals surface area (Å²) in [6, 6.07) is 0. The first kappa shape index (κ1) is 4.74. The molecule has 0 radical (unpaired) electrons. The fraction of sp³-hybridized carbons (Fsp3) is 0.833. The summed E-state index contributed by atoms with van der Waals surface area (Å²) in [7, 11) is 2.09. The van der Waals surface area contributed by atoms with E-state index in [-0.39, 0.29) is 0 Å². The lowest BCUT2D eigenvalue weighted by molar-refractivity contribution is 0.515. The lowest BCUT2D eigenvalue weighted by atomic mass is 10.4. The molecule has 1 aliphatic carbocycles. The Labute approximate surface area is 54.7 Å². The summed E-state index contributed by atoms with van der Waals surface area (Å²) in [5.74, 6) is 1.77. The first-order valence-corrected chi connectivity index (χ1v) is 3.45. The minimum absolute atomic E-state index is 0.815. The van der Waals surface area contributed by atoms with Crippen LogP contribution >= 0.6 is 12.2 Å². The van der Waals surface area contributed by atoms with Crippen molar-refractivity contribution in [2.75, 3.05) is 13.6 Å². The third kappa shape index (κ3) is 0.440. The van der Waals surface area contributed by atoms with Gasteiger partial charge in [0.1, 0.15) is 0 Å². The smallest absolute Gasteiger partial charge is 0.0811 e. The molecule has 44 valence electrons. The maximum atomic E-state index is 5.13. The molecule has 1 saturated carbocycles. The zero-order valence-electron chi connectivity index (χ0n) is 4.92. The Balaban J connectivity index is 2.19. The Hall–Kier alpha value is -0.110. The van der Waals surface area contributed by atoms with E-state index in [0.29, 0.717) is 0 Å². The molecule has 1 nitrogen and oxygen atoms in total. The summed E-state index contributed by atoms with van der Waals surface area (Å²) >= 11 is 5.13. The van der Waals surface area contributed by atoms with Crippen LogP contribution in [0.4, 0.5) is 0 Å². The van der Waals surface area contributed by atoms with Crippen LogP contribution in [0.3, 0.4) is 0 Å². The summed E-state index contributed by atoms with van der Waals surface area (Å²) in [5, 5.41) is 0. The summed E-state index contributed by atoms with van der Waals surface area (Å²) in [5.41, 5.74) is 0. The summed E-state index contributed by atoms with van der Waals surface area (Å²) in [4.78, 5) is 3.41. The third-order valence-corrected chi connectivity index (χ3v) is 2.74. The molecule has 1 aliphatic heterocycles. The monoisotopic (exact) mass is 127 g/mol. The molecule has 2 atom stereocenters. The van der Waals surface area contributed by atoms with Crippen molar-refractivity contribution in [3.63, 3.8) is 0 Å². The van der Waals surface area contributed by atoms with E-state index in [0.717, 1.165) is 11.8 Å². The number of hydrogen-bond acceptors (Lipinski definition) is 1. The highest BCUT2D eigenvalue weighted by Gasteiger charge is 2.47. The van der Waals surface area contributed by atoms with E-state index in [9.17, 15) is 0 Å². The molecule has 0 amide bonds. The van der Waals surface area contributed by atoms with Gasteiger partial charge in [0.25, 0.3) is 0 Å². The third-order valence-electron chi connectivity index (χ3n) is 2.12. The van der Waals surface area contributed by atoms with Crippen molar-refractivity contribution in [2.45, 2.75) is 6.42 Å². The standard InChI is InChI=1S/C6H9NS/c1-7-3-4-2-5(4)6(7)8/h4-5H,2-3H2,1H3/t4-,5-/m0/s1. The fourth-order valence-electron chi connectivity index (χ4n) is 1.48. The fourth-order valence-corrected chi connectivity index (χ4v) is 1.84. The van der Waals surface area contributed by atoms with Crippen LogP contribution in [-0.2, 0) is 0 Å². The summed E-state index contributed by atoms with van der Waals surface area (Å²) in [6.45, 7) is 1.23. The second-order valence-electron chi connectivity index (χ2n) is 2.82. The molecule has 2 rings (SSSR count). The van der Waals surface area contributed by atoms with Crippen LogP contribution in [0.15, 0.2) is 0 Å². The van der Waals surface area contributed by atoms with Crippen LogP contribution in [-0.4, -0.2) is 23.5 Å². The maximum Gasteiger partial charge on any atom is 0.0811 e. The van der Waals surface area contributed by atoms with Gasteiger partial charge in [-0.05, 0) is 12.3 Å². The van der Waals surface area contributed by atoms with Crippen molar-refractivity contribution in [3.8, 4) is 0 Å². The predicted molar refractivity (Wildman–Crippen MR) is 36.8 cm³/mol. The van der Waals surface area contributed by atoms with E-state index in [2.05, 4.69) is 11.9 Å². The Kier molecular flexibility index (Phi) is 0.734. The van der Waals surface area contributed by atoms with E-state index in [1.54, 1.807) is 0 Å². The predicted octanol–water partition coefficient (Wildman–Crippen LogP) is 0.895. The average molecular weight is 127 g/mol. The summed E-state index contributed by atoms with van der Waals surface area (Å²) < 4.78 is 0. The van der Waals surface area contributed by atoms with Gasteiger partial charge in [0.05, 0.1) is 4.99 Å². The molecule has 1 heterocycles. The SMILES string of the molecule is CN1C[C@@H]2C[C@@H]2C1=S. The zero-order chi connectivity index (χ0) is 5.72. The number of hydrogen-bond donors (Lipinski definition) is 0. The lowest BCUT2D eigenvalue weighted by Crippen LogP contribution is -2.21. The topological polar surface area (TPSA) is 3.24 Å². The van der Waals surface area contributed by atoms with Gasteiger partial charge in [-0.3, -0.25) is 0 Å². The second-order valence-corrected chi connectivity index (χ2v) is 3.24. The Morgan fingerprint density at radius 1 is 1.75 bits per heavy atom. The van der Waals surface area contributed by atoms with Crippen LogP contribution in [0.5, 0.6) is 0 Å². The maximum absolute atomic E-state index is 5.13. The number of fused-ring (bicyclic) bond motifs is 1. The highest BCUT2D eigenvalue weighted by Crippen LogP contribution is 2.45. The molecular weight excluding hydrogens is 118 g/mol. The first-order chi connectivity index (χ1) is 3.79. The van der Waals surface area contributed by atoms with Gasteiger partial charge in [-0.1, -0.05) is 12.2 Å². The minimum Gasteiger partial charge on any atom is -0.369 e. The second kappa shape index (κ2) is 1.24. The van der Waals surface area contributed by atoms with E-state index < -0.39 is 0 Å². The lowest BCUT2D eigenvalue weighted by Gasteiger charge is -2.11. The molecule has 0 bridgehead atoms. The minimum atomic E-state index is 0.815. The van der Waals surface area contributed by atoms with Crippen molar-refractivity contribution >= 4 is 17.2 Å². The van der Waals surface area contributed by atoms with Crippen molar-refractivity contribution in [1.82, 2.24) is 4.90 Å². The number of piperidine rings is 1. The van der Waals surface area contributed by atoms with E-state index in [1.807, 2.05) is 0 Å². The highest BCUT2D eigenvalue weighted by molar-refractivity contribution is 7.80. The van der Waals surface area contributed by atoms with E-state index in [1.165, 1.54) is 18.0 Å². The molecule has 0 unspecified atom stereocenters. The molecule has 2 aliphatic rings. The largest absolute Gasteiger partial charge is 0.369 e. The summed E-state index contributed by atoms with van der Waals surface area (Å²) in [6.07, 6.45) is 1.38. The molecule has 1 saturated heterocycles. The van der Waals surface area contributed by atoms with Crippen LogP contribution in [0, 0.1) is 11.8 Å². The van der Waals surface area contributed by atoms with Crippen molar-refractivity contribution in [2.24, 2.45) is 11.8 Å². The van der Waals surface area contributed by atoms with Gasteiger partial charge in [-0.25, -0.2) is 0 Å². The van der Waals surface area contributed by atoms with Gasteiger partial charge in [-0.15, -0.1) is 0 Å². The number of thiocarbonyl (C=S) groups is 1. The van der Waals surface area contributed by atoms with E-state index >= 15 is 0 Å². The Morgan fingerprint density at radius 2 is 2.50 bits per heavy atom. The highest BCUT2D eigenvalue weighted by atomic mass is 32.1. The molecule has 0 spiro atoms. The van der Waals surface area contributed by atoms with Crippen molar-refractivity contribution in [1.29, 1.82) is 0 Å². The van der Waals surface area contributed by atoms with Crippen LogP contribution in [0.25, 0.3) is 0 Å². The first-order valence-electron chi connectivity index (χ1n) is 3.04. The average Bonchev–Trinajstić information content (AvgIpc) is 2.39. The normalized spacial score (nSPS) is 42.6. The molecule has 0 aromatic carbocycles. The molecule has 0 N–H and O–H groups in total. The number of likely N-dealkylation sites (tertiary alicyclic amines) is 1. The Morgan fingerprint density at radius 3 is 2.75 bits per heavy atom. The van der Waals surface area contributed by atoms with Gasteiger partial charge in [0.15, 0.2) is 0 Å². The zero-order valence-corrected chi connectivity index (χ0v) is 5.74. The van der Waals surface area contributed by atoms with Crippen LogP contribution < -0.4 is 0 Å². The van der Waals surface area contributed by atoms with Gasteiger partial charge in [0.2, 0.25) is 0 Å². The van der Waals surface area contributed by atoms with Crippen LogP contribution in [0.1, 0.15) is 6.42 Å². The Bertz CT molecular complexity index is 139.